The topological polar surface area (TPSA) is 64.4 Å². The Labute approximate surface area is 168 Å². The van der Waals surface area contributed by atoms with E-state index in [9.17, 15) is 4.79 Å². The zero-order chi connectivity index (χ0) is 19.0. The van der Waals surface area contributed by atoms with Crippen LogP contribution in [0.4, 0.5) is 5.13 Å². The highest BCUT2D eigenvalue weighted by atomic mass is 35.5. The number of hydrogen-bond donors (Lipinski definition) is 1. The third-order valence-electron chi connectivity index (χ3n) is 3.82. The second kappa shape index (κ2) is 7.23. The number of furan rings is 1. The predicted molar refractivity (Wildman–Crippen MR) is 108 cm³/mol. The Kier molecular flexibility index (Phi) is 4.78. The van der Waals surface area contributed by atoms with Gasteiger partial charge in [0.15, 0.2) is 10.9 Å². The van der Waals surface area contributed by atoms with E-state index in [1.807, 2.05) is 12.1 Å². The fraction of sp³-hybridized carbons (Fsp3) is 0.0526. The number of ether oxygens (including phenoxy) is 1. The van der Waals surface area contributed by atoms with E-state index >= 15 is 0 Å². The van der Waals surface area contributed by atoms with Gasteiger partial charge in [-0.05, 0) is 30.3 Å². The molecule has 0 aliphatic rings. The molecule has 0 unspecified atom stereocenters. The van der Waals surface area contributed by atoms with Crippen molar-refractivity contribution in [3.63, 3.8) is 0 Å². The van der Waals surface area contributed by atoms with Gasteiger partial charge in [0.25, 0.3) is 5.91 Å². The van der Waals surface area contributed by atoms with Crippen LogP contribution in [0.1, 0.15) is 10.6 Å². The number of halogens is 2. The van der Waals surface area contributed by atoms with Crippen molar-refractivity contribution in [3.05, 3.63) is 64.3 Å². The molecule has 0 saturated heterocycles. The molecule has 2 aromatic heterocycles. The number of anilines is 1. The standard InChI is InChI=1S/C19H12Cl2N2O3S/c1-25-16-9-17-13(8-12(16)21)22-19(27-17)23-18(24)15-6-5-14(26-15)10-3-2-4-11(20)7-10/h2-9H,1H3,(H,22,23,24). The van der Waals surface area contributed by atoms with E-state index in [-0.39, 0.29) is 11.7 Å². The lowest BCUT2D eigenvalue weighted by atomic mass is 10.2. The number of carbonyl (C=O) groups excluding carboxylic acids is 1. The minimum atomic E-state index is -0.389. The van der Waals surface area contributed by atoms with Gasteiger partial charge in [-0.15, -0.1) is 0 Å². The first-order chi connectivity index (χ1) is 13.0. The Hall–Kier alpha value is -2.54. The van der Waals surface area contributed by atoms with Crippen molar-refractivity contribution in [1.82, 2.24) is 4.98 Å². The quantitative estimate of drug-likeness (QED) is 0.433. The van der Waals surface area contributed by atoms with Crippen molar-refractivity contribution < 1.29 is 13.9 Å². The van der Waals surface area contributed by atoms with Crippen LogP contribution >= 0.6 is 34.5 Å². The third-order valence-corrected chi connectivity index (χ3v) is 5.29. The lowest BCUT2D eigenvalue weighted by Crippen LogP contribution is -2.10. The molecule has 2 aromatic carbocycles. The van der Waals surface area contributed by atoms with Crippen molar-refractivity contribution in [2.24, 2.45) is 0 Å². The number of nitrogens with one attached hydrogen (secondary N) is 1. The molecule has 4 aromatic rings. The summed E-state index contributed by atoms with van der Waals surface area (Å²) in [7, 11) is 1.55. The number of aromatic nitrogens is 1. The smallest absolute Gasteiger partial charge is 0.293 e. The monoisotopic (exact) mass is 418 g/mol. The Morgan fingerprint density at radius 2 is 2.04 bits per heavy atom. The van der Waals surface area contributed by atoms with Crippen LogP contribution in [0.2, 0.25) is 10.0 Å². The van der Waals surface area contributed by atoms with Crippen molar-refractivity contribution in [3.8, 4) is 17.1 Å². The maximum absolute atomic E-state index is 12.5. The molecule has 1 N–H and O–H groups in total. The van der Waals surface area contributed by atoms with E-state index < -0.39 is 0 Å². The highest BCUT2D eigenvalue weighted by Gasteiger charge is 2.16. The first-order valence-corrected chi connectivity index (χ1v) is 9.42. The second-order valence-corrected chi connectivity index (χ2v) is 7.48. The average Bonchev–Trinajstić information content (AvgIpc) is 3.27. The molecule has 0 atom stereocenters. The summed E-state index contributed by atoms with van der Waals surface area (Å²) >= 11 is 13.4. The summed E-state index contributed by atoms with van der Waals surface area (Å²) < 4.78 is 11.7. The minimum absolute atomic E-state index is 0.180. The maximum atomic E-state index is 12.5. The van der Waals surface area contributed by atoms with Crippen molar-refractivity contribution in [2.75, 3.05) is 12.4 Å². The molecular formula is C19H12Cl2N2O3S. The molecule has 4 rings (SSSR count). The average molecular weight is 419 g/mol. The molecule has 0 radical (unpaired) electrons. The lowest BCUT2D eigenvalue weighted by Gasteiger charge is -2.00. The number of thiazole rings is 1. The molecule has 5 nitrogen and oxygen atoms in total. The lowest BCUT2D eigenvalue weighted by molar-refractivity contribution is 0.0997. The van der Waals surface area contributed by atoms with E-state index in [1.165, 1.54) is 11.3 Å². The van der Waals surface area contributed by atoms with Gasteiger partial charge in [-0.1, -0.05) is 46.7 Å². The van der Waals surface area contributed by atoms with Gasteiger partial charge in [-0.3, -0.25) is 10.1 Å². The van der Waals surface area contributed by atoms with Crippen molar-refractivity contribution in [1.29, 1.82) is 0 Å². The molecule has 8 heteroatoms. The van der Waals surface area contributed by atoms with Crippen molar-refractivity contribution in [2.45, 2.75) is 0 Å². The number of rotatable bonds is 4. The summed E-state index contributed by atoms with van der Waals surface area (Å²) in [6.07, 6.45) is 0. The molecule has 0 bridgehead atoms. The number of nitrogens with zero attached hydrogens (tertiary/aromatic N) is 1. The number of benzene rings is 2. The highest BCUT2D eigenvalue weighted by molar-refractivity contribution is 7.22. The molecular weight excluding hydrogens is 407 g/mol. The molecule has 136 valence electrons. The van der Waals surface area contributed by atoms with Crippen molar-refractivity contribution >= 4 is 55.8 Å². The van der Waals surface area contributed by atoms with E-state index in [4.69, 9.17) is 32.4 Å². The summed E-state index contributed by atoms with van der Waals surface area (Å²) in [5, 5.41) is 4.25. The van der Waals surface area contributed by atoms with Crippen LogP contribution in [-0.4, -0.2) is 18.0 Å². The van der Waals surface area contributed by atoms with Gasteiger partial charge in [-0.25, -0.2) is 4.98 Å². The number of hydrogen-bond acceptors (Lipinski definition) is 5. The largest absolute Gasteiger partial charge is 0.495 e. The zero-order valence-electron chi connectivity index (χ0n) is 14.0. The van der Waals surface area contributed by atoms with Gasteiger partial charge in [-0.2, -0.15) is 0 Å². The Balaban J connectivity index is 1.56. The van der Waals surface area contributed by atoms with E-state index in [0.29, 0.717) is 32.2 Å². The summed E-state index contributed by atoms with van der Waals surface area (Å²) in [6.45, 7) is 0. The molecule has 0 fully saturated rings. The van der Waals surface area contributed by atoms with Crippen LogP contribution in [0.15, 0.2) is 52.9 Å². The fourth-order valence-corrected chi connectivity index (χ4v) is 3.85. The summed E-state index contributed by atoms with van der Waals surface area (Å²) in [4.78, 5) is 16.9. The predicted octanol–water partition coefficient (Wildman–Crippen LogP) is 6.12. The summed E-state index contributed by atoms with van der Waals surface area (Å²) in [6, 6.07) is 14.0. The van der Waals surface area contributed by atoms with Crippen LogP contribution in [0.25, 0.3) is 21.5 Å². The fourth-order valence-electron chi connectivity index (χ4n) is 2.56. The second-order valence-electron chi connectivity index (χ2n) is 5.60. The third kappa shape index (κ3) is 3.64. The number of fused-ring (bicyclic) bond motifs is 1. The highest BCUT2D eigenvalue weighted by Crippen LogP contribution is 2.34. The molecule has 0 aliphatic heterocycles. The van der Waals surface area contributed by atoms with Gasteiger partial charge in [0.05, 0.1) is 22.3 Å². The number of amides is 1. The van der Waals surface area contributed by atoms with Gasteiger partial charge >= 0.3 is 0 Å². The van der Waals surface area contributed by atoms with E-state index in [2.05, 4.69) is 10.3 Å². The van der Waals surface area contributed by atoms with Gasteiger partial charge < -0.3 is 9.15 Å². The maximum Gasteiger partial charge on any atom is 0.293 e. The van der Waals surface area contributed by atoms with E-state index in [1.54, 1.807) is 43.5 Å². The first kappa shape index (κ1) is 17.9. The number of methoxy groups -OCH3 is 1. The van der Waals surface area contributed by atoms with Crippen LogP contribution in [-0.2, 0) is 0 Å². The van der Waals surface area contributed by atoms with Crippen LogP contribution in [0, 0.1) is 0 Å². The molecule has 0 aliphatic carbocycles. The van der Waals surface area contributed by atoms with Crippen LogP contribution in [0.3, 0.4) is 0 Å². The molecule has 27 heavy (non-hydrogen) atoms. The molecule has 2 heterocycles. The normalized spacial score (nSPS) is 10.9. The van der Waals surface area contributed by atoms with Gasteiger partial charge in [0.1, 0.15) is 11.5 Å². The van der Waals surface area contributed by atoms with Crippen LogP contribution in [0.5, 0.6) is 5.75 Å². The Bertz CT molecular complexity index is 1150. The van der Waals surface area contributed by atoms with Gasteiger partial charge in [0.2, 0.25) is 0 Å². The Morgan fingerprint density at radius 1 is 1.19 bits per heavy atom. The number of carbonyl (C=O) groups is 1. The first-order valence-electron chi connectivity index (χ1n) is 7.84. The summed E-state index contributed by atoms with van der Waals surface area (Å²) in [5.74, 6) is 0.909. The van der Waals surface area contributed by atoms with Gasteiger partial charge in [0, 0.05) is 16.7 Å². The molecule has 1 amide bonds. The van der Waals surface area contributed by atoms with E-state index in [0.717, 1.165) is 10.3 Å². The minimum Gasteiger partial charge on any atom is -0.495 e. The molecule has 0 spiro atoms. The zero-order valence-corrected chi connectivity index (χ0v) is 16.3. The van der Waals surface area contributed by atoms with Crippen LogP contribution < -0.4 is 10.1 Å². The Morgan fingerprint density at radius 3 is 2.81 bits per heavy atom. The SMILES string of the molecule is COc1cc2sc(NC(=O)c3ccc(-c4cccc(Cl)c4)o3)nc2cc1Cl. The molecule has 0 saturated carbocycles. The summed E-state index contributed by atoms with van der Waals surface area (Å²) in [5.41, 5.74) is 1.48.